The molecular formula is C2H4FLiO5S. The van der Waals surface area contributed by atoms with E-state index in [2.05, 4.69) is 8.92 Å². The van der Waals surface area contributed by atoms with Gasteiger partial charge in [0, 0.05) is 0 Å². The first-order valence-electron chi connectivity index (χ1n) is 1.80. The minimum atomic E-state index is -4.74. The van der Waals surface area contributed by atoms with Gasteiger partial charge in [0.2, 0.25) is 10.4 Å². The third kappa shape index (κ3) is 11.2. The zero-order valence-electron chi connectivity index (χ0n) is 5.24. The van der Waals surface area contributed by atoms with Crippen LogP contribution in [-0.2, 0) is 19.3 Å². The van der Waals surface area contributed by atoms with E-state index in [1.807, 2.05) is 0 Å². The number of ether oxygens (including phenoxy) is 1. The van der Waals surface area contributed by atoms with Crippen molar-refractivity contribution in [3.63, 3.8) is 0 Å². The summed E-state index contributed by atoms with van der Waals surface area (Å²) in [4.78, 5) is 0. The van der Waals surface area contributed by atoms with E-state index in [1.165, 1.54) is 0 Å². The molecule has 0 unspecified atom stereocenters. The molecular weight excluding hydrogens is 162 g/mol. The van der Waals surface area contributed by atoms with Crippen LogP contribution in [0.2, 0.25) is 0 Å². The maximum absolute atomic E-state index is 11.0. The van der Waals surface area contributed by atoms with Crippen LogP contribution >= 0.6 is 0 Å². The largest absolute Gasteiger partial charge is 1.00 e. The second-order valence-electron chi connectivity index (χ2n) is 0.957. The summed E-state index contributed by atoms with van der Waals surface area (Å²) in [5, 5.41) is 0. The van der Waals surface area contributed by atoms with Crippen LogP contribution in [0.15, 0.2) is 0 Å². The molecule has 0 aliphatic heterocycles. The van der Waals surface area contributed by atoms with Crippen molar-refractivity contribution >= 4 is 10.4 Å². The molecule has 0 rings (SSSR count). The number of halogens is 1. The molecule has 10 heavy (non-hydrogen) atoms. The zero-order chi connectivity index (χ0) is 7.33. The molecule has 0 saturated heterocycles. The summed E-state index contributed by atoms with van der Waals surface area (Å²) in [5.41, 5.74) is 0. The van der Waals surface area contributed by atoms with Gasteiger partial charge in [0.25, 0.3) is 0 Å². The first kappa shape index (κ1) is 13.0. The molecule has 0 amide bonds. The predicted molar refractivity (Wildman–Crippen MR) is 22.7 cm³/mol. The molecule has 0 aromatic carbocycles. The fourth-order valence-corrected chi connectivity index (χ4v) is 0.310. The molecule has 0 spiro atoms. The van der Waals surface area contributed by atoms with Gasteiger partial charge in [-0.3, -0.25) is 4.18 Å². The van der Waals surface area contributed by atoms with E-state index in [-0.39, 0.29) is 18.9 Å². The summed E-state index contributed by atoms with van der Waals surface area (Å²) in [6.07, 6.45) is 0. The van der Waals surface area contributed by atoms with Gasteiger partial charge in [-0.25, -0.2) is 12.8 Å². The molecule has 0 radical (unpaired) electrons. The SMILES string of the molecule is O=S(=O)([O-])OCOCF.[Li+]. The molecule has 56 valence electrons. The summed E-state index contributed by atoms with van der Waals surface area (Å²) in [5.74, 6) is 0. The average Bonchev–Trinajstić information content (AvgIpc) is 1.63. The molecule has 0 aliphatic carbocycles. The van der Waals surface area contributed by atoms with E-state index in [4.69, 9.17) is 0 Å². The van der Waals surface area contributed by atoms with Crippen LogP contribution < -0.4 is 18.9 Å². The third-order valence-corrected chi connectivity index (χ3v) is 0.738. The maximum atomic E-state index is 11.0. The van der Waals surface area contributed by atoms with Crippen molar-refractivity contribution in [2.75, 3.05) is 13.7 Å². The van der Waals surface area contributed by atoms with Crippen molar-refractivity contribution in [3.8, 4) is 0 Å². The van der Waals surface area contributed by atoms with Gasteiger partial charge < -0.3 is 9.29 Å². The minimum Gasteiger partial charge on any atom is -0.725 e. The van der Waals surface area contributed by atoms with Crippen molar-refractivity contribution in [2.45, 2.75) is 0 Å². The van der Waals surface area contributed by atoms with Gasteiger partial charge in [-0.2, -0.15) is 0 Å². The Labute approximate surface area is 69.6 Å². The standard InChI is InChI=1S/C2H5FO5S.Li/c3-1-7-2-8-9(4,5)6;/h1-2H2,(H,4,5,6);/q;+1/p-1. The van der Waals surface area contributed by atoms with E-state index in [0.717, 1.165) is 0 Å². The fourth-order valence-electron chi connectivity index (χ4n) is 0.124. The smallest absolute Gasteiger partial charge is 0.725 e. The van der Waals surface area contributed by atoms with E-state index < -0.39 is 24.1 Å². The van der Waals surface area contributed by atoms with Gasteiger partial charge in [-0.1, -0.05) is 0 Å². The molecule has 0 aromatic heterocycles. The van der Waals surface area contributed by atoms with E-state index in [9.17, 15) is 17.4 Å². The number of alkyl halides is 1. The molecule has 0 atom stereocenters. The van der Waals surface area contributed by atoms with Gasteiger partial charge in [-0.15, -0.1) is 0 Å². The molecule has 0 aliphatic rings. The minimum absolute atomic E-state index is 0. The Bertz CT molecular complexity index is 155. The first-order chi connectivity index (χ1) is 4.06. The molecule has 8 heteroatoms. The van der Waals surface area contributed by atoms with Gasteiger partial charge in [-0.05, 0) is 0 Å². The van der Waals surface area contributed by atoms with Gasteiger partial charge in [0.15, 0.2) is 13.7 Å². The number of rotatable bonds is 4. The summed E-state index contributed by atoms with van der Waals surface area (Å²) in [7, 11) is -4.74. The molecule has 0 aromatic rings. The molecule has 0 bridgehead atoms. The Balaban J connectivity index is 0. The average molecular weight is 166 g/mol. The van der Waals surface area contributed by atoms with Gasteiger partial charge >= 0.3 is 18.9 Å². The monoisotopic (exact) mass is 166 g/mol. The fraction of sp³-hybridized carbons (Fsp3) is 1.00. The summed E-state index contributed by atoms with van der Waals surface area (Å²) in [6, 6.07) is 0. The zero-order valence-corrected chi connectivity index (χ0v) is 6.06. The first-order valence-corrected chi connectivity index (χ1v) is 3.13. The van der Waals surface area contributed by atoms with E-state index in [1.54, 1.807) is 0 Å². The molecule has 0 fully saturated rings. The number of hydrogen-bond donors (Lipinski definition) is 0. The molecule has 0 heterocycles. The third-order valence-electron chi connectivity index (χ3n) is 0.353. The summed E-state index contributed by atoms with van der Waals surface area (Å²) >= 11 is 0. The summed E-state index contributed by atoms with van der Waals surface area (Å²) < 4.78 is 46.7. The second kappa shape index (κ2) is 6.09. The van der Waals surface area contributed by atoms with Crippen molar-refractivity contribution in [2.24, 2.45) is 0 Å². The Kier molecular flexibility index (Phi) is 7.91. The van der Waals surface area contributed by atoms with Gasteiger partial charge in [0.05, 0.1) is 0 Å². The van der Waals surface area contributed by atoms with Crippen LogP contribution in [0.1, 0.15) is 0 Å². The number of hydrogen-bond acceptors (Lipinski definition) is 5. The van der Waals surface area contributed by atoms with Crippen molar-refractivity contribution in [1.29, 1.82) is 0 Å². The van der Waals surface area contributed by atoms with Crippen LogP contribution in [0.25, 0.3) is 0 Å². The quantitative estimate of drug-likeness (QED) is 0.141. The van der Waals surface area contributed by atoms with Crippen molar-refractivity contribution < 1.29 is 45.1 Å². The Morgan fingerprint density at radius 3 is 2.30 bits per heavy atom. The Hall–Kier alpha value is 0.357. The normalized spacial score (nSPS) is 10.6. The van der Waals surface area contributed by atoms with Gasteiger partial charge in [0.1, 0.15) is 0 Å². The van der Waals surface area contributed by atoms with Crippen LogP contribution in [0.4, 0.5) is 4.39 Å². The topological polar surface area (TPSA) is 75.7 Å². The predicted octanol–water partition coefficient (Wildman–Crippen LogP) is -3.63. The molecule has 5 nitrogen and oxygen atoms in total. The van der Waals surface area contributed by atoms with Crippen molar-refractivity contribution in [3.05, 3.63) is 0 Å². The van der Waals surface area contributed by atoms with Crippen LogP contribution in [-0.4, -0.2) is 26.6 Å². The second-order valence-corrected chi connectivity index (χ2v) is 2.01. The van der Waals surface area contributed by atoms with Crippen LogP contribution in [0.3, 0.4) is 0 Å². The molecule has 0 saturated carbocycles. The Morgan fingerprint density at radius 2 is 2.00 bits per heavy atom. The van der Waals surface area contributed by atoms with Crippen LogP contribution in [0, 0.1) is 0 Å². The van der Waals surface area contributed by atoms with Crippen molar-refractivity contribution in [1.82, 2.24) is 0 Å². The molecule has 0 N–H and O–H groups in total. The Morgan fingerprint density at radius 1 is 1.50 bits per heavy atom. The van der Waals surface area contributed by atoms with Crippen LogP contribution in [0.5, 0.6) is 0 Å². The maximum Gasteiger partial charge on any atom is 1.00 e. The van der Waals surface area contributed by atoms with E-state index in [0.29, 0.717) is 0 Å². The van der Waals surface area contributed by atoms with E-state index >= 15 is 0 Å². The summed E-state index contributed by atoms with van der Waals surface area (Å²) in [6.45, 7) is -2.06.